The van der Waals surface area contributed by atoms with Crippen LogP contribution >= 0.6 is 0 Å². The third-order valence-electron chi connectivity index (χ3n) is 4.25. The van der Waals surface area contributed by atoms with Crippen LogP contribution in [0.25, 0.3) is 21.8 Å². The van der Waals surface area contributed by atoms with Gasteiger partial charge in [0, 0.05) is 29.7 Å². The molecule has 90 valence electrons. The van der Waals surface area contributed by atoms with E-state index in [9.17, 15) is 0 Å². The number of benzene rings is 1. The van der Waals surface area contributed by atoms with Gasteiger partial charge in [-0.3, -0.25) is 4.98 Å². The van der Waals surface area contributed by atoms with Gasteiger partial charge in [0.1, 0.15) is 0 Å². The van der Waals surface area contributed by atoms with E-state index >= 15 is 0 Å². The molecular formula is C16H16N2. The number of para-hydroxylation sites is 1. The van der Waals surface area contributed by atoms with Crippen molar-refractivity contribution < 1.29 is 0 Å². The van der Waals surface area contributed by atoms with Crippen LogP contribution in [0.1, 0.15) is 24.1 Å². The van der Waals surface area contributed by atoms with Crippen molar-refractivity contribution in [3.05, 3.63) is 41.7 Å². The molecule has 1 aromatic carbocycles. The lowest BCUT2D eigenvalue weighted by Gasteiger charge is -2.12. The number of fused-ring (bicyclic) bond motifs is 5. The predicted molar refractivity (Wildman–Crippen MR) is 74.9 cm³/mol. The molecule has 0 aliphatic heterocycles. The Hall–Kier alpha value is -1.83. The molecule has 1 aliphatic rings. The van der Waals surface area contributed by atoms with Crippen LogP contribution < -0.4 is 0 Å². The van der Waals surface area contributed by atoms with Crippen molar-refractivity contribution in [1.29, 1.82) is 0 Å². The number of hydrogen-bond donors (Lipinski definition) is 0. The summed E-state index contributed by atoms with van der Waals surface area (Å²) in [5.41, 5.74) is 5.53. The maximum Gasteiger partial charge on any atom is 0.0723 e. The normalized spacial score (nSPS) is 15.2. The van der Waals surface area contributed by atoms with Crippen molar-refractivity contribution in [2.75, 3.05) is 0 Å². The summed E-state index contributed by atoms with van der Waals surface area (Å²) in [7, 11) is 2.21. The first-order valence-corrected chi connectivity index (χ1v) is 6.70. The quantitative estimate of drug-likeness (QED) is 0.583. The van der Waals surface area contributed by atoms with Gasteiger partial charge in [0.25, 0.3) is 0 Å². The first-order valence-electron chi connectivity index (χ1n) is 6.70. The molecule has 2 nitrogen and oxygen atoms in total. The molecule has 2 heterocycles. The van der Waals surface area contributed by atoms with E-state index in [0.29, 0.717) is 0 Å². The van der Waals surface area contributed by atoms with E-state index in [1.807, 2.05) is 0 Å². The Morgan fingerprint density at radius 3 is 2.83 bits per heavy atom. The van der Waals surface area contributed by atoms with E-state index in [0.717, 1.165) is 5.52 Å². The van der Waals surface area contributed by atoms with E-state index in [1.54, 1.807) is 0 Å². The summed E-state index contributed by atoms with van der Waals surface area (Å²) in [4.78, 5) is 4.62. The standard InChI is InChI=1S/C16H16N2/c1-18-15-9-5-3-6-11(15)13-10-17-14-8-4-2-7-12(14)16(13)18/h2,4,7-8,10H,3,5-6,9H2,1H3. The first-order chi connectivity index (χ1) is 8.86. The fourth-order valence-corrected chi connectivity index (χ4v) is 3.39. The largest absolute Gasteiger partial charge is 0.347 e. The summed E-state index contributed by atoms with van der Waals surface area (Å²) in [6.45, 7) is 0. The Balaban J connectivity index is 2.22. The molecule has 0 radical (unpaired) electrons. The number of hydrogen-bond acceptors (Lipinski definition) is 1. The second kappa shape index (κ2) is 3.58. The lowest BCUT2D eigenvalue weighted by atomic mass is 9.96. The molecule has 0 amide bonds. The smallest absolute Gasteiger partial charge is 0.0723 e. The predicted octanol–water partition coefficient (Wildman–Crippen LogP) is 3.61. The second-order valence-electron chi connectivity index (χ2n) is 5.23. The highest BCUT2D eigenvalue weighted by Gasteiger charge is 2.19. The summed E-state index contributed by atoms with van der Waals surface area (Å²) in [6.07, 6.45) is 7.14. The highest BCUT2D eigenvalue weighted by Crippen LogP contribution is 2.34. The maximum absolute atomic E-state index is 4.62. The summed E-state index contributed by atoms with van der Waals surface area (Å²) < 4.78 is 2.40. The van der Waals surface area contributed by atoms with Crippen LogP contribution in [0.5, 0.6) is 0 Å². The highest BCUT2D eigenvalue weighted by atomic mass is 15.0. The molecule has 4 rings (SSSR count). The van der Waals surface area contributed by atoms with Crippen molar-refractivity contribution in [2.24, 2.45) is 7.05 Å². The molecule has 0 saturated carbocycles. The molecule has 0 unspecified atom stereocenters. The molecule has 3 aromatic rings. The Kier molecular flexibility index (Phi) is 2.01. The third-order valence-corrected chi connectivity index (χ3v) is 4.25. The monoisotopic (exact) mass is 236 g/mol. The Morgan fingerprint density at radius 2 is 1.89 bits per heavy atom. The van der Waals surface area contributed by atoms with Crippen LogP contribution in [0, 0.1) is 0 Å². The molecule has 1 aliphatic carbocycles. The Morgan fingerprint density at radius 1 is 1.06 bits per heavy atom. The molecule has 0 N–H and O–H groups in total. The van der Waals surface area contributed by atoms with E-state index in [1.165, 1.54) is 53.2 Å². The molecule has 2 aromatic heterocycles. The van der Waals surface area contributed by atoms with Gasteiger partial charge in [-0.2, -0.15) is 0 Å². The lowest BCUT2D eigenvalue weighted by Crippen LogP contribution is -2.04. The Labute approximate surface area is 106 Å². The minimum Gasteiger partial charge on any atom is -0.347 e. The topological polar surface area (TPSA) is 17.8 Å². The fraction of sp³-hybridized carbons (Fsp3) is 0.312. The van der Waals surface area contributed by atoms with Crippen LogP contribution in [0.2, 0.25) is 0 Å². The van der Waals surface area contributed by atoms with Crippen molar-refractivity contribution in [1.82, 2.24) is 9.55 Å². The van der Waals surface area contributed by atoms with Gasteiger partial charge in [0.15, 0.2) is 0 Å². The zero-order valence-electron chi connectivity index (χ0n) is 10.6. The molecule has 0 bridgehead atoms. The second-order valence-corrected chi connectivity index (χ2v) is 5.23. The van der Waals surface area contributed by atoms with Crippen LogP contribution in [-0.4, -0.2) is 9.55 Å². The fourth-order valence-electron chi connectivity index (χ4n) is 3.39. The van der Waals surface area contributed by atoms with E-state index < -0.39 is 0 Å². The minimum absolute atomic E-state index is 1.10. The van der Waals surface area contributed by atoms with E-state index in [-0.39, 0.29) is 0 Å². The van der Waals surface area contributed by atoms with Crippen LogP contribution in [0.3, 0.4) is 0 Å². The molecular weight excluding hydrogens is 220 g/mol. The zero-order chi connectivity index (χ0) is 12.1. The average molecular weight is 236 g/mol. The van der Waals surface area contributed by atoms with E-state index in [4.69, 9.17) is 0 Å². The van der Waals surface area contributed by atoms with Gasteiger partial charge >= 0.3 is 0 Å². The van der Waals surface area contributed by atoms with Gasteiger partial charge < -0.3 is 4.57 Å². The summed E-state index contributed by atoms with van der Waals surface area (Å²) in [6, 6.07) is 8.45. The molecule has 0 spiro atoms. The van der Waals surface area contributed by atoms with Crippen molar-refractivity contribution in [3.8, 4) is 0 Å². The van der Waals surface area contributed by atoms with Crippen molar-refractivity contribution in [2.45, 2.75) is 25.7 Å². The van der Waals surface area contributed by atoms with Crippen molar-refractivity contribution >= 4 is 21.8 Å². The van der Waals surface area contributed by atoms with Gasteiger partial charge in [-0.1, -0.05) is 18.2 Å². The van der Waals surface area contributed by atoms with Crippen molar-refractivity contribution in [3.63, 3.8) is 0 Å². The highest BCUT2D eigenvalue weighted by molar-refractivity contribution is 6.05. The number of aromatic nitrogens is 2. The van der Waals surface area contributed by atoms with Gasteiger partial charge in [0.05, 0.1) is 11.0 Å². The molecule has 0 atom stereocenters. The van der Waals surface area contributed by atoms with Gasteiger partial charge in [-0.15, -0.1) is 0 Å². The number of nitrogens with zero attached hydrogens (tertiary/aromatic N) is 2. The minimum atomic E-state index is 1.10. The van der Waals surface area contributed by atoms with Crippen LogP contribution in [-0.2, 0) is 19.9 Å². The van der Waals surface area contributed by atoms with Gasteiger partial charge in [-0.05, 0) is 37.3 Å². The third kappa shape index (κ3) is 1.20. The number of aryl methyl sites for hydroxylation is 2. The van der Waals surface area contributed by atoms with Crippen LogP contribution in [0.4, 0.5) is 0 Å². The number of pyridine rings is 1. The first kappa shape index (κ1) is 10.1. The molecule has 2 heteroatoms. The van der Waals surface area contributed by atoms with E-state index in [2.05, 4.69) is 47.1 Å². The molecule has 0 saturated heterocycles. The SMILES string of the molecule is Cn1c2c(c3cnc4ccccc4c31)CCCC2. The van der Waals surface area contributed by atoms with Gasteiger partial charge in [-0.25, -0.2) is 0 Å². The zero-order valence-corrected chi connectivity index (χ0v) is 10.6. The number of rotatable bonds is 0. The maximum atomic E-state index is 4.62. The van der Waals surface area contributed by atoms with Gasteiger partial charge in [0.2, 0.25) is 0 Å². The van der Waals surface area contributed by atoms with Crippen LogP contribution in [0.15, 0.2) is 30.5 Å². The average Bonchev–Trinajstić information content (AvgIpc) is 2.73. The summed E-state index contributed by atoms with van der Waals surface area (Å²) in [5, 5.41) is 2.65. The Bertz CT molecular complexity index is 752. The lowest BCUT2D eigenvalue weighted by molar-refractivity contribution is 0.653. The summed E-state index contributed by atoms with van der Waals surface area (Å²) >= 11 is 0. The molecule has 0 fully saturated rings. The molecule has 18 heavy (non-hydrogen) atoms. The summed E-state index contributed by atoms with van der Waals surface area (Å²) in [5.74, 6) is 0.